The number of benzene rings is 1. The number of nitro groups is 1. The lowest BCUT2D eigenvalue weighted by molar-refractivity contribution is -0.384. The molecule has 1 aromatic carbocycles. The van der Waals surface area contributed by atoms with Gasteiger partial charge in [0.15, 0.2) is 0 Å². The Balaban J connectivity index is 1.64. The van der Waals surface area contributed by atoms with Crippen molar-refractivity contribution >= 4 is 11.6 Å². The van der Waals surface area contributed by atoms with Gasteiger partial charge < -0.3 is 10.0 Å². The average molecular weight is 304 g/mol. The van der Waals surface area contributed by atoms with Crippen molar-refractivity contribution in [3.63, 3.8) is 0 Å². The smallest absolute Gasteiger partial charge is 0.269 e. The summed E-state index contributed by atoms with van der Waals surface area (Å²) < 4.78 is 0. The molecule has 3 rings (SSSR count). The average Bonchev–Trinajstić information content (AvgIpc) is 3.11. The van der Waals surface area contributed by atoms with Crippen LogP contribution in [0.1, 0.15) is 30.4 Å². The molecule has 6 nitrogen and oxygen atoms in total. The Morgan fingerprint density at radius 3 is 2.86 bits per heavy atom. The van der Waals surface area contributed by atoms with E-state index in [1.165, 1.54) is 6.07 Å². The Bertz CT molecular complexity index is 602. The minimum atomic E-state index is -0.380. The number of hydrogen-bond acceptors (Lipinski definition) is 4. The third kappa shape index (κ3) is 2.83. The van der Waals surface area contributed by atoms with Gasteiger partial charge in [-0.3, -0.25) is 14.9 Å². The number of aliphatic hydroxyl groups is 1. The molecule has 0 bridgehead atoms. The van der Waals surface area contributed by atoms with Crippen LogP contribution < -0.4 is 0 Å². The molecule has 1 amide bonds. The largest absolute Gasteiger partial charge is 0.394 e. The van der Waals surface area contributed by atoms with E-state index < -0.39 is 0 Å². The second kappa shape index (κ2) is 6.04. The number of fused-ring (bicyclic) bond motifs is 1. The van der Waals surface area contributed by atoms with Crippen LogP contribution in [0.4, 0.5) is 5.69 Å². The summed E-state index contributed by atoms with van der Waals surface area (Å²) in [5, 5.41) is 20.1. The first-order valence-corrected chi connectivity index (χ1v) is 7.75. The summed E-state index contributed by atoms with van der Waals surface area (Å²) in [6.07, 6.45) is 3.81. The Morgan fingerprint density at radius 1 is 1.36 bits per heavy atom. The summed E-state index contributed by atoms with van der Waals surface area (Å²) >= 11 is 0. The molecule has 0 unspecified atom stereocenters. The molecular weight excluding hydrogens is 284 g/mol. The SMILES string of the molecule is O=C(C[C@@H]1Cc2ccc([N+](=O)[O-])cc2C1)N1CCC[C@H]1CO. The molecule has 1 saturated heterocycles. The van der Waals surface area contributed by atoms with E-state index in [0.29, 0.717) is 6.42 Å². The van der Waals surface area contributed by atoms with Crippen LogP contribution in [0.2, 0.25) is 0 Å². The van der Waals surface area contributed by atoms with Crippen molar-refractivity contribution in [1.29, 1.82) is 0 Å². The molecule has 1 N–H and O–H groups in total. The molecule has 2 aliphatic rings. The van der Waals surface area contributed by atoms with E-state index in [4.69, 9.17) is 0 Å². The van der Waals surface area contributed by atoms with Gasteiger partial charge in [0.1, 0.15) is 0 Å². The van der Waals surface area contributed by atoms with Crippen LogP contribution in [0.15, 0.2) is 18.2 Å². The molecule has 1 fully saturated rings. The summed E-state index contributed by atoms with van der Waals surface area (Å²) in [7, 11) is 0. The van der Waals surface area contributed by atoms with Crippen LogP contribution in [-0.4, -0.2) is 40.0 Å². The first kappa shape index (κ1) is 15.0. The summed E-state index contributed by atoms with van der Waals surface area (Å²) in [5.41, 5.74) is 2.22. The Morgan fingerprint density at radius 2 is 2.14 bits per heavy atom. The van der Waals surface area contributed by atoms with Crippen molar-refractivity contribution in [1.82, 2.24) is 4.90 Å². The fourth-order valence-electron chi connectivity index (χ4n) is 3.67. The first-order chi connectivity index (χ1) is 10.6. The lowest BCUT2D eigenvalue weighted by Gasteiger charge is -2.24. The summed E-state index contributed by atoms with van der Waals surface area (Å²) in [4.78, 5) is 24.6. The van der Waals surface area contributed by atoms with Crippen molar-refractivity contribution < 1.29 is 14.8 Å². The number of non-ortho nitro benzene ring substituents is 1. The van der Waals surface area contributed by atoms with E-state index in [9.17, 15) is 20.0 Å². The molecule has 1 aliphatic heterocycles. The number of amides is 1. The minimum Gasteiger partial charge on any atom is -0.394 e. The number of nitro benzene ring substituents is 1. The topological polar surface area (TPSA) is 83.7 Å². The van der Waals surface area contributed by atoms with Crippen molar-refractivity contribution in [2.24, 2.45) is 5.92 Å². The standard InChI is InChI=1S/C16H20N2O4/c19-10-15-2-1-5-17(15)16(20)8-11-6-12-3-4-14(18(21)22)9-13(12)7-11/h3-4,9,11,15,19H,1-2,5-8,10H2/t11-,15+/m1/s1. The van der Waals surface area contributed by atoms with E-state index in [1.807, 2.05) is 6.07 Å². The number of hydrogen-bond donors (Lipinski definition) is 1. The summed E-state index contributed by atoms with van der Waals surface area (Å²) in [6, 6.07) is 4.94. The summed E-state index contributed by atoms with van der Waals surface area (Å²) in [6.45, 7) is 0.762. The second-order valence-electron chi connectivity index (χ2n) is 6.25. The van der Waals surface area contributed by atoms with Crippen molar-refractivity contribution in [3.8, 4) is 0 Å². The zero-order valence-corrected chi connectivity index (χ0v) is 12.4. The van der Waals surface area contributed by atoms with Gasteiger partial charge in [-0.25, -0.2) is 0 Å². The number of rotatable bonds is 4. The quantitative estimate of drug-likeness (QED) is 0.677. The number of carbonyl (C=O) groups excluding carboxylic acids is 1. The highest BCUT2D eigenvalue weighted by Gasteiger charge is 2.31. The van der Waals surface area contributed by atoms with Crippen LogP contribution in [-0.2, 0) is 17.6 Å². The van der Waals surface area contributed by atoms with Gasteiger partial charge in [0, 0.05) is 25.1 Å². The van der Waals surface area contributed by atoms with E-state index in [-0.39, 0.29) is 35.1 Å². The second-order valence-corrected chi connectivity index (χ2v) is 6.25. The van der Waals surface area contributed by atoms with Crippen LogP contribution in [0, 0.1) is 16.0 Å². The monoisotopic (exact) mass is 304 g/mol. The highest BCUT2D eigenvalue weighted by Crippen LogP contribution is 2.32. The van der Waals surface area contributed by atoms with Crippen molar-refractivity contribution in [2.45, 2.75) is 38.1 Å². The molecule has 1 aromatic rings. The molecule has 1 aliphatic carbocycles. The minimum absolute atomic E-state index is 0.0302. The number of carbonyl (C=O) groups is 1. The van der Waals surface area contributed by atoms with Crippen LogP contribution in [0.25, 0.3) is 0 Å². The molecule has 1 heterocycles. The maximum absolute atomic E-state index is 12.4. The van der Waals surface area contributed by atoms with Crippen LogP contribution in [0.3, 0.4) is 0 Å². The molecule has 0 radical (unpaired) electrons. The van der Waals surface area contributed by atoms with Crippen molar-refractivity contribution in [2.75, 3.05) is 13.2 Å². The van der Waals surface area contributed by atoms with E-state index in [1.54, 1.807) is 11.0 Å². The molecule has 118 valence electrons. The molecule has 0 saturated carbocycles. The first-order valence-electron chi connectivity index (χ1n) is 7.75. The van der Waals surface area contributed by atoms with Gasteiger partial charge in [0.05, 0.1) is 17.6 Å². The molecular formula is C16H20N2O4. The zero-order chi connectivity index (χ0) is 15.7. The van der Waals surface area contributed by atoms with Gasteiger partial charge in [-0.1, -0.05) is 6.07 Å². The van der Waals surface area contributed by atoms with Crippen LogP contribution >= 0.6 is 0 Å². The predicted octanol–water partition coefficient (Wildman–Crippen LogP) is 1.68. The maximum atomic E-state index is 12.4. The van der Waals surface area contributed by atoms with E-state index in [2.05, 4.69) is 0 Å². The third-order valence-corrected chi connectivity index (χ3v) is 4.79. The van der Waals surface area contributed by atoms with E-state index in [0.717, 1.165) is 43.4 Å². The highest BCUT2D eigenvalue weighted by molar-refractivity contribution is 5.77. The Kier molecular flexibility index (Phi) is 4.11. The molecule has 6 heteroatoms. The number of aliphatic hydroxyl groups excluding tert-OH is 1. The predicted molar refractivity (Wildman–Crippen MR) is 80.4 cm³/mol. The lowest BCUT2D eigenvalue weighted by Crippen LogP contribution is -2.38. The molecule has 2 atom stereocenters. The molecule has 0 spiro atoms. The molecule has 22 heavy (non-hydrogen) atoms. The van der Waals surface area contributed by atoms with Gasteiger partial charge in [-0.05, 0) is 42.7 Å². The lowest BCUT2D eigenvalue weighted by atomic mass is 10.0. The van der Waals surface area contributed by atoms with Gasteiger partial charge in [-0.2, -0.15) is 0 Å². The van der Waals surface area contributed by atoms with Gasteiger partial charge >= 0.3 is 0 Å². The van der Waals surface area contributed by atoms with E-state index >= 15 is 0 Å². The van der Waals surface area contributed by atoms with Crippen molar-refractivity contribution in [3.05, 3.63) is 39.4 Å². The maximum Gasteiger partial charge on any atom is 0.269 e. The molecule has 0 aromatic heterocycles. The Labute approximate surface area is 128 Å². The fourth-order valence-corrected chi connectivity index (χ4v) is 3.67. The van der Waals surface area contributed by atoms with Gasteiger partial charge in [-0.15, -0.1) is 0 Å². The third-order valence-electron chi connectivity index (χ3n) is 4.79. The van der Waals surface area contributed by atoms with Gasteiger partial charge in [0.25, 0.3) is 5.69 Å². The highest BCUT2D eigenvalue weighted by atomic mass is 16.6. The van der Waals surface area contributed by atoms with Crippen LogP contribution in [0.5, 0.6) is 0 Å². The number of likely N-dealkylation sites (tertiary alicyclic amines) is 1. The summed E-state index contributed by atoms with van der Waals surface area (Å²) in [5.74, 6) is 0.313. The fraction of sp³-hybridized carbons (Fsp3) is 0.562. The Hall–Kier alpha value is -1.95. The zero-order valence-electron chi connectivity index (χ0n) is 12.4. The normalized spacial score (nSPS) is 23.6. The number of nitrogens with zero attached hydrogens (tertiary/aromatic N) is 2. The van der Waals surface area contributed by atoms with Gasteiger partial charge in [0.2, 0.25) is 5.91 Å².